The molecule has 0 saturated heterocycles. The van der Waals surface area contributed by atoms with Gasteiger partial charge in [0.2, 0.25) is 6.79 Å². The van der Waals surface area contributed by atoms with Crippen molar-refractivity contribution in [2.45, 2.75) is 13.5 Å². The van der Waals surface area contributed by atoms with Gasteiger partial charge in [0.25, 0.3) is 0 Å². The number of hydrogen-bond donors (Lipinski definition) is 2. The standard InChI is InChI=1S/C16H17NO4/c1-2-19-13-5-3-12(4-6-13)17-9-11-7-15-16(8-14(11)18)21-10-20-15/h3-8,17-18H,2,9-10H2,1H3. The van der Waals surface area contributed by atoms with Crippen molar-refractivity contribution in [1.29, 1.82) is 0 Å². The van der Waals surface area contributed by atoms with Crippen molar-refractivity contribution < 1.29 is 19.3 Å². The van der Waals surface area contributed by atoms with Gasteiger partial charge in [-0.3, -0.25) is 0 Å². The highest BCUT2D eigenvalue weighted by Crippen LogP contribution is 2.37. The van der Waals surface area contributed by atoms with E-state index in [4.69, 9.17) is 14.2 Å². The number of benzene rings is 2. The molecule has 5 nitrogen and oxygen atoms in total. The van der Waals surface area contributed by atoms with Crippen LogP contribution in [0.4, 0.5) is 5.69 Å². The minimum atomic E-state index is 0.192. The second-order valence-corrected chi connectivity index (χ2v) is 4.65. The molecule has 0 fully saturated rings. The van der Waals surface area contributed by atoms with E-state index in [-0.39, 0.29) is 12.5 Å². The number of anilines is 1. The number of ether oxygens (including phenoxy) is 3. The second-order valence-electron chi connectivity index (χ2n) is 4.65. The van der Waals surface area contributed by atoms with Gasteiger partial charge in [0.15, 0.2) is 11.5 Å². The molecule has 1 aliphatic rings. The molecule has 110 valence electrons. The third kappa shape index (κ3) is 2.97. The monoisotopic (exact) mass is 287 g/mol. The first kappa shape index (κ1) is 13.4. The molecule has 0 amide bonds. The van der Waals surface area contributed by atoms with Crippen molar-refractivity contribution in [2.24, 2.45) is 0 Å². The molecular formula is C16H17NO4. The summed E-state index contributed by atoms with van der Waals surface area (Å²) >= 11 is 0. The quantitative estimate of drug-likeness (QED) is 0.884. The molecule has 2 aromatic carbocycles. The van der Waals surface area contributed by atoms with Crippen molar-refractivity contribution in [3.63, 3.8) is 0 Å². The Balaban J connectivity index is 1.67. The van der Waals surface area contributed by atoms with Crippen molar-refractivity contribution >= 4 is 5.69 Å². The summed E-state index contributed by atoms with van der Waals surface area (Å²) in [7, 11) is 0. The summed E-state index contributed by atoms with van der Waals surface area (Å²) in [5.41, 5.74) is 1.71. The van der Waals surface area contributed by atoms with Gasteiger partial charge in [-0.2, -0.15) is 0 Å². The van der Waals surface area contributed by atoms with Crippen molar-refractivity contribution in [3.8, 4) is 23.0 Å². The van der Waals surface area contributed by atoms with Crippen molar-refractivity contribution in [3.05, 3.63) is 42.0 Å². The fourth-order valence-corrected chi connectivity index (χ4v) is 2.15. The van der Waals surface area contributed by atoms with Gasteiger partial charge in [-0.05, 0) is 37.3 Å². The van der Waals surface area contributed by atoms with Crippen LogP contribution in [-0.4, -0.2) is 18.5 Å². The SMILES string of the molecule is CCOc1ccc(NCc2cc3c(cc2O)OCO3)cc1. The molecular weight excluding hydrogens is 270 g/mol. The lowest BCUT2D eigenvalue weighted by Crippen LogP contribution is -2.00. The van der Waals surface area contributed by atoms with Gasteiger partial charge in [-0.1, -0.05) is 0 Å². The summed E-state index contributed by atoms with van der Waals surface area (Å²) in [6, 6.07) is 11.1. The highest BCUT2D eigenvalue weighted by Gasteiger charge is 2.16. The normalized spacial score (nSPS) is 12.2. The highest BCUT2D eigenvalue weighted by molar-refractivity contribution is 5.53. The highest BCUT2D eigenvalue weighted by atomic mass is 16.7. The van der Waals surface area contributed by atoms with E-state index in [2.05, 4.69) is 5.32 Å². The predicted molar refractivity (Wildman–Crippen MR) is 79.2 cm³/mol. The molecule has 0 bridgehead atoms. The Morgan fingerprint density at radius 3 is 2.57 bits per heavy atom. The van der Waals surface area contributed by atoms with E-state index in [0.717, 1.165) is 17.0 Å². The van der Waals surface area contributed by atoms with E-state index in [1.54, 1.807) is 12.1 Å². The van der Waals surface area contributed by atoms with Crippen LogP contribution in [0.15, 0.2) is 36.4 Å². The maximum Gasteiger partial charge on any atom is 0.231 e. The second kappa shape index (κ2) is 5.83. The third-order valence-corrected chi connectivity index (χ3v) is 3.22. The van der Waals surface area contributed by atoms with E-state index in [9.17, 15) is 5.11 Å². The summed E-state index contributed by atoms with van der Waals surface area (Å²) in [4.78, 5) is 0. The zero-order valence-corrected chi connectivity index (χ0v) is 11.8. The van der Waals surface area contributed by atoms with Crippen LogP contribution in [0.25, 0.3) is 0 Å². The Kier molecular flexibility index (Phi) is 3.73. The van der Waals surface area contributed by atoms with Crippen LogP contribution in [0.3, 0.4) is 0 Å². The van der Waals surface area contributed by atoms with E-state index in [1.165, 1.54) is 0 Å². The molecule has 0 saturated carbocycles. The Morgan fingerprint density at radius 2 is 1.86 bits per heavy atom. The van der Waals surface area contributed by atoms with Crippen molar-refractivity contribution in [2.75, 3.05) is 18.7 Å². The molecule has 3 rings (SSSR count). The number of fused-ring (bicyclic) bond motifs is 1. The number of hydrogen-bond acceptors (Lipinski definition) is 5. The topological polar surface area (TPSA) is 60.0 Å². The molecule has 5 heteroatoms. The van der Waals surface area contributed by atoms with E-state index >= 15 is 0 Å². The van der Waals surface area contributed by atoms with Crippen LogP contribution < -0.4 is 19.5 Å². The lowest BCUT2D eigenvalue weighted by molar-refractivity contribution is 0.174. The minimum absolute atomic E-state index is 0.192. The van der Waals surface area contributed by atoms with Gasteiger partial charge >= 0.3 is 0 Å². The lowest BCUT2D eigenvalue weighted by Gasteiger charge is -2.10. The maximum atomic E-state index is 9.97. The van der Waals surface area contributed by atoms with Crippen LogP contribution in [0.5, 0.6) is 23.0 Å². The summed E-state index contributed by atoms with van der Waals surface area (Å²) in [5.74, 6) is 2.28. The minimum Gasteiger partial charge on any atom is -0.507 e. The third-order valence-electron chi connectivity index (χ3n) is 3.22. The fraction of sp³-hybridized carbons (Fsp3) is 0.250. The summed E-state index contributed by atoms with van der Waals surface area (Å²) in [6.45, 7) is 3.30. The zero-order valence-electron chi connectivity index (χ0n) is 11.8. The average molecular weight is 287 g/mol. The lowest BCUT2D eigenvalue weighted by atomic mass is 10.1. The molecule has 0 spiro atoms. The molecule has 0 aromatic heterocycles. The van der Waals surface area contributed by atoms with Gasteiger partial charge in [-0.25, -0.2) is 0 Å². The van der Waals surface area contributed by atoms with Crippen LogP contribution in [0.1, 0.15) is 12.5 Å². The number of phenolic OH excluding ortho intramolecular Hbond substituents is 1. The molecule has 0 aliphatic carbocycles. The van der Waals surface area contributed by atoms with E-state index in [0.29, 0.717) is 24.7 Å². The molecule has 0 radical (unpaired) electrons. The number of rotatable bonds is 5. The van der Waals surface area contributed by atoms with Gasteiger partial charge in [0.1, 0.15) is 11.5 Å². The Morgan fingerprint density at radius 1 is 1.14 bits per heavy atom. The van der Waals surface area contributed by atoms with Crippen LogP contribution in [-0.2, 0) is 6.54 Å². The molecule has 0 unspecified atom stereocenters. The Labute approximate surface area is 123 Å². The molecule has 1 heterocycles. The number of aromatic hydroxyl groups is 1. The smallest absolute Gasteiger partial charge is 0.231 e. The first-order chi connectivity index (χ1) is 10.3. The van der Waals surface area contributed by atoms with Crippen LogP contribution in [0, 0.1) is 0 Å². The predicted octanol–water partition coefficient (Wildman–Crippen LogP) is 3.13. The molecule has 21 heavy (non-hydrogen) atoms. The molecule has 2 aromatic rings. The maximum absolute atomic E-state index is 9.97. The average Bonchev–Trinajstić information content (AvgIpc) is 2.93. The Bertz CT molecular complexity index is 625. The molecule has 1 aliphatic heterocycles. The number of phenols is 1. The molecule has 0 atom stereocenters. The summed E-state index contributed by atoms with van der Waals surface area (Å²) in [6.07, 6.45) is 0. The Hall–Kier alpha value is -2.56. The van der Waals surface area contributed by atoms with Crippen LogP contribution in [0.2, 0.25) is 0 Å². The largest absolute Gasteiger partial charge is 0.507 e. The van der Waals surface area contributed by atoms with E-state index < -0.39 is 0 Å². The zero-order chi connectivity index (χ0) is 14.7. The number of nitrogens with one attached hydrogen (secondary N) is 1. The first-order valence-corrected chi connectivity index (χ1v) is 6.84. The molecule has 2 N–H and O–H groups in total. The van der Waals surface area contributed by atoms with Gasteiger partial charge in [-0.15, -0.1) is 0 Å². The van der Waals surface area contributed by atoms with Gasteiger partial charge in [0, 0.05) is 23.9 Å². The van der Waals surface area contributed by atoms with Crippen LogP contribution >= 0.6 is 0 Å². The van der Waals surface area contributed by atoms with Gasteiger partial charge in [0.05, 0.1) is 6.61 Å². The first-order valence-electron chi connectivity index (χ1n) is 6.84. The summed E-state index contributed by atoms with van der Waals surface area (Å²) in [5, 5.41) is 13.2. The van der Waals surface area contributed by atoms with Crippen molar-refractivity contribution in [1.82, 2.24) is 0 Å². The van der Waals surface area contributed by atoms with Gasteiger partial charge < -0.3 is 24.6 Å². The fourth-order valence-electron chi connectivity index (χ4n) is 2.15. The van der Waals surface area contributed by atoms with E-state index in [1.807, 2.05) is 31.2 Å². The summed E-state index contributed by atoms with van der Waals surface area (Å²) < 4.78 is 15.9.